The Bertz CT molecular complexity index is 194. The lowest BCUT2D eigenvalue weighted by atomic mass is 10.3. The van der Waals surface area contributed by atoms with Gasteiger partial charge in [0.15, 0.2) is 0 Å². The van der Waals surface area contributed by atoms with Crippen LogP contribution in [0.3, 0.4) is 0 Å². The molecule has 0 saturated carbocycles. The fourth-order valence-electron chi connectivity index (χ4n) is 0.810. The topological polar surface area (TPSA) is 47.3 Å². The van der Waals surface area contributed by atoms with E-state index in [1.807, 2.05) is 30.3 Å². The molecular weight excluding hydrogens is 176 g/mol. The predicted molar refractivity (Wildman–Crippen MR) is 52.3 cm³/mol. The zero-order valence-electron chi connectivity index (χ0n) is 6.69. The fraction of sp³-hybridized carbons (Fsp3) is 0.250. The minimum absolute atomic E-state index is 0. The molecule has 0 bridgehead atoms. The molecular formula is C8H13ClN2O. The van der Waals surface area contributed by atoms with Gasteiger partial charge >= 0.3 is 0 Å². The van der Waals surface area contributed by atoms with Crippen LogP contribution in [0.5, 0.6) is 0 Å². The summed E-state index contributed by atoms with van der Waals surface area (Å²) in [5, 5.41) is 3.14. The summed E-state index contributed by atoms with van der Waals surface area (Å²) in [6, 6.07) is 9.93. The number of benzene rings is 1. The van der Waals surface area contributed by atoms with Crippen LogP contribution in [0.15, 0.2) is 30.3 Å². The van der Waals surface area contributed by atoms with E-state index >= 15 is 0 Å². The summed E-state index contributed by atoms with van der Waals surface area (Å²) in [6.07, 6.45) is 0. The Balaban J connectivity index is 0.00000121. The molecule has 68 valence electrons. The van der Waals surface area contributed by atoms with Crippen LogP contribution in [0, 0.1) is 0 Å². The van der Waals surface area contributed by atoms with Crippen LogP contribution < -0.4 is 11.2 Å². The van der Waals surface area contributed by atoms with Crippen molar-refractivity contribution in [1.29, 1.82) is 0 Å². The number of anilines is 1. The summed E-state index contributed by atoms with van der Waals surface area (Å²) in [6.45, 7) is 1.26. The molecule has 0 unspecified atom stereocenters. The molecule has 1 aromatic rings. The van der Waals surface area contributed by atoms with Crippen LogP contribution in [0.25, 0.3) is 0 Å². The Morgan fingerprint density at radius 3 is 2.50 bits per heavy atom. The number of hydrogen-bond acceptors (Lipinski definition) is 3. The molecule has 1 rings (SSSR count). The van der Waals surface area contributed by atoms with Crippen LogP contribution in [0.1, 0.15) is 0 Å². The second kappa shape index (κ2) is 6.91. The maximum atomic E-state index is 4.85. The van der Waals surface area contributed by atoms with Gasteiger partial charge in [0.1, 0.15) is 0 Å². The van der Waals surface area contributed by atoms with E-state index in [-0.39, 0.29) is 12.4 Å². The summed E-state index contributed by atoms with van der Waals surface area (Å²) < 4.78 is 0. The SMILES string of the molecule is Cl.NOCCNc1ccccc1. The Labute approximate surface area is 78.3 Å². The van der Waals surface area contributed by atoms with E-state index in [2.05, 4.69) is 10.2 Å². The summed E-state index contributed by atoms with van der Waals surface area (Å²) in [5.74, 6) is 4.85. The lowest BCUT2D eigenvalue weighted by molar-refractivity contribution is 0.148. The van der Waals surface area contributed by atoms with Crippen molar-refractivity contribution in [2.45, 2.75) is 0 Å². The van der Waals surface area contributed by atoms with E-state index in [1.54, 1.807) is 0 Å². The quantitative estimate of drug-likeness (QED) is 0.555. The van der Waals surface area contributed by atoms with E-state index in [4.69, 9.17) is 5.90 Å². The molecule has 3 N–H and O–H groups in total. The van der Waals surface area contributed by atoms with Gasteiger partial charge < -0.3 is 10.2 Å². The highest BCUT2D eigenvalue weighted by molar-refractivity contribution is 5.85. The Morgan fingerprint density at radius 2 is 1.92 bits per heavy atom. The Morgan fingerprint density at radius 1 is 1.25 bits per heavy atom. The lowest BCUT2D eigenvalue weighted by Crippen LogP contribution is -2.11. The molecule has 0 aliphatic carbocycles. The van der Waals surface area contributed by atoms with Gasteiger partial charge in [-0.3, -0.25) is 0 Å². The van der Waals surface area contributed by atoms with Gasteiger partial charge in [-0.05, 0) is 12.1 Å². The first-order valence-electron chi connectivity index (χ1n) is 3.54. The Hall–Kier alpha value is -0.770. The van der Waals surface area contributed by atoms with Gasteiger partial charge in [0.25, 0.3) is 0 Å². The number of nitrogens with one attached hydrogen (secondary N) is 1. The molecule has 0 aliphatic heterocycles. The normalized spacial score (nSPS) is 8.75. The minimum atomic E-state index is 0. The van der Waals surface area contributed by atoms with Crippen molar-refractivity contribution in [2.24, 2.45) is 5.90 Å². The highest BCUT2D eigenvalue weighted by Crippen LogP contribution is 2.03. The molecule has 0 aromatic heterocycles. The van der Waals surface area contributed by atoms with Crippen LogP contribution in [-0.2, 0) is 4.84 Å². The first kappa shape index (κ1) is 11.2. The van der Waals surface area contributed by atoms with Gasteiger partial charge in [-0.1, -0.05) is 18.2 Å². The van der Waals surface area contributed by atoms with Crippen molar-refractivity contribution in [2.75, 3.05) is 18.5 Å². The molecule has 0 amide bonds. The van der Waals surface area contributed by atoms with Gasteiger partial charge in [0.05, 0.1) is 6.61 Å². The van der Waals surface area contributed by atoms with E-state index in [1.165, 1.54) is 0 Å². The predicted octanol–water partition coefficient (Wildman–Crippen LogP) is 1.41. The minimum Gasteiger partial charge on any atom is -0.383 e. The highest BCUT2D eigenvalue weighted by atomic mass is 35.5. The van der Waals surface area contributed by atoms with Crippen LogP contribution in [-0.4, -0.2) is 13.2 Å². The maximum absolute atomic E-state index is 4.85. The van der Waals surface area contributed by atoms with Crippen molar-refractivity contribution in [1.82, 2.24) is 0 Å². The number of nitrogens with two attached hydrogens (primary N) is 1. The van der Waals surface area contributed by atoms with Gasteiger partial charge in [-0.25, -0.2) is 5.90 Å². The molecule has 0 atom stereocenters. The molecule has 0 heterocycles. The third kappa shape index (κ3) is 4.18. The van der Waals surface area contributed by atoms with Crippen molar-refractivity contribution < 1.29 is 4.84 Å². The second-order valence-electron chi connectivity index (χ2n) is 2.16. The molecule has 4 heteroatoms. The first-order valence-corrected chi connectivity index (χ1v) is 3.54. The monoisotopic (exact) mass is 188 g/mol. The van der Waals surface area contributed by atoms with E-state index in [0.29, 0.717) is 6.61 Å². The summed E-state index contributed by atoms with van der Waals surface area (Å²) >= 11 is 0. The number of rotatable bonds is 4. The van der Waals surface area contributed by atoms with Crippen LogP contribution in [0.4, 0.5) is 5.69 Å². The third-order valence-electron chi connectivity index (χ3n) is 1.32. The largest absolute Gasteiger partial charge is 0.383 e. The number of hydrogen-bond donors (Lipinski definition) is 2. The molecule has 0 spiro atoms. The standard InChI is InChI=1S/C8H12N2O.ClH/c9-11-7-6-10-8-4-2-1-3-5-8;/h1-5,10H,6-7,9H2;1H. The van der Waals surface area contributed by atoms with Gasteiger partial charge in [-0.15, -0.1) is 12.4 Å². The first-order chi connectivity index (χ1) is 5.43. The number of para-hydroxylation sites is 1. The molecule has 0 aliphatic rings. The average Bonchev–Trinajstić information content (AvgIpc) is 2.07. The van der Waals surface area contributed by atoms with Gasteiger partial charge in [0.2, 0.25) is 0 Å². The molecule has 0 saturated heterocycles. The second-order valence-corrected chi connectivity index (χ2v) is 2.16. The average molecular weight is 189 g/mol. The molecule has 1 aromatic carbocycles. The zero-order chi connectivity index (χ0) is 7.94. The van der Waals surface area contributed by atoms with Crippen molar-refractivity contribution >= 4 is 18.1 Å². The smallest absolute Gasteiger partial charge is 0.0851 e. The fourth-order valence-corrected chi connectivity index (χ4v) is 0.810. The lowest BCUT2D eigenvalue weighted by Gasteiger charge is -2.03. The number of halogens is 1. The van der Waals surface area contributed by atoms with E-state index < -0.39 is 0 Å². The molecule has 12 heavy (non-hydrogen) atoms. The maximum Gasteiger partial charge on any atom is 0.0851 e. The zero-order valence-corrected chi connectivity index (χ0v) is 7.51. The Kier molecular flexibility index (Phi) is 6.47. The summed E-state index contributed by atoms with van der Waals surface area (Å²) in [5.41, 5.74) is 1.09. The van der Waals surface area contributed by atoms with Crippen molar-refractivity contribution in [3.63, 3.8) is 0 Å². The molecule has 3 nitrogen and oxygen atoms in total. The van der Waals surface area contributed by atoms with Crippen molar-refractivity contribution in [3.8, 4) is 0 Å². The highest BCUT2D eigenvalue weighted by Gasteiger charge is 1.86. The van der Waals surface area contributed by atoms with Crippen LogP contribution >= 0.6 is 12.4 Å². The molecule has 0 radical (unpaired) electrons. The van der Waals surface area contributed by atoms with Crippen molar-refractivity contribution in [3.05, 3.63) is 30.3 Å². The molecule has 0 fully saturated rings. The van der Waals surface area contributed by atoms with Gasteiger partial charge in [0, 0.05) is 12.2 Å². The van der Waals surface area contributed by atoms with Crippen LogP contribution in [0.2, 0.25) is 0 Å². The van der Waals surface area contributed by atoms with E-state index in [9.17, 15) is 0 Å². The third-order valence-corrected chi connectivity index (χ3v) is 1.32. The summed E-state index contributed by atoms with van der Waals surface area (Å²) in [7, 11) is 0. The van der Waals surface area contributed by atoms with E-state index in [0.717, 1.165) is 12.2 Å². The summed E-state index contributed by atoms with van der Waals surface area (Å²) in [4.78, 5) is 4.40. The van der Waals surface area contributed by atoms with Gasteiger partial charge in [-0.2, -0.15) is 0 Å².